The predicted molar refractivity (Wildman–Crippen MR) is 80.2 cm³/mol. The molecule has 0 heterocycles. The Hall–Kier alpha value is -1.26. The molecule has 0 unspecified atom stereocenters. The summed E-state index contributed by atoms with van der Waals surface area (Å²) in [6, 6.07) is 5.50. The summed E-state index contributed by atoms with van der Waals surface area (Å²) < 4.78 is 10.3. The van der Waals surface area contributed by atoms with E-state index in [-0.39, 0.29) is 12.5 Å². The number of ether oxygens (including phenoxy) is 2. The van der Waals surface area contributed by atoms with Gasteiger partial charge in [0.15, 0.2) is 0 Å². The smallest absolute Gasteiger partial charge is 0.320 e. The van der Waals surface area contributed by atoms with Gasteiger partial charge in [-0.25, -0.2) is 0 Å². The zero-order valence-corrected chi connectivity index (χ0v) is 13.1. The van der Waals surface area contributed by atoms with E-state index in [0.29, 0.717) is 18.2 Å². The number of carbonyl (C=O) groups is 1. The molecule has 0 fully saturated rings. The van der Waals surface area contributed by atoms with Crippen LogP contribution in [0.15, 0.2) is 18.2 Å². The number of nitrogens with zero attached hydrogens (tertiary/aromatic N) is 1. The number of halogens is 1. The maximum atomic E-state index is 11.6. The second-order valence-corrected chi connectivity index (χ2v) is 4.91. The van der Waals surface area contributed by atoms with Crippen LogP contribution in [0.3, 0.4) is 0 Å². The molecule has 112 valence electrons. The molecule has 0 aromatic heterocycles. The van der Waals surface area contributed by atoms with Gasteiger partial charge in [-0.15, -0.1) is 0 Å². The van der Waals surface area contributed by atoms with Crippen LogP contribution in [-0.2, 0) is 16.1 Å². The predicted octanol–water partition coefficient (Wildman–Crippen LogP) is 3.12. The minimum absolute atomic E-state index is 0.207. The largest absolute Gasteiger partial charge is 0.496 e. The van der Waals surface area contributed by atoms with Crippen molar-refractivity contribution in [2.45, 2.75) is 26.8 Å². The first kappa shape index (κ1) is 16.8. The summed E-state index contributed by atoms with van der Waals surface area (Å²) in [7, 11) is 1.63. The summed E-state index contributed by atoms with van der Waals surface area (Å²) >= 11 is 6.02. The third-order valence-electron chi connectivity index (χ3n) is 2.83. The minimum Gasteiger partial charge on any atom is -0.496 e. The molecule has 0 aliphatic rings. The van der Waals surface area contributed by atoms with Gasteiger partial charge in [-0.3, -0.25) is 9.69 Å². The summed E-state index contributed by atoms with van der Waals surface area (Å²) in [5.74, 6) is 0.571. The highest BCUT2D eigenvalue weighted by Gasteiger charge is 2.14. The van der Waals surface area contributed by atoms with E-state index in [4.69, 9.17) is 21.1 Å². The molecule has 0 amide bonds. The lowest BCUT2D eigenvalue weighted by Crippen LogP contribution is -2.31. The number of hydrogen-bond donors (Lipinski definition) is 0. The van der Waals surface area contributed by atoms with Crippen LogP contribution in [0.5, 0.6) is 5.75 Å². The van der Waals surface area contributed by atoms with Crippen molar-refractivity contribution in [3.05, 3.63) is 28.8 Å². The molecule has 20 heavy (non-hydrogen) atoms. The first-order valence-electron chi connectivity index (χ1n) is 6.81. The average molecular weight is 300 g/mol. The maximum absolute atomic E-state index is 11.6. The number of hydrogen-bond acceptors (Lipinski definition) is 4. The molecule has 0 atom stereocenters. The summed E-state index contributed by atoms with van der Waals surface area (Å²) in [5, 5.41) is 0.661. The summed E-state index contributed by atoms with van der Waals surface area (Å²) in [4.78, 5) is 13.7. The van der Waals surface area contributed by atoms with Crippen LogP contribution < -0.4 is 4.74 Å². The summed E-state index contributed by atoms with van der Waals surface area (Å²) in [6.07, 6.45) is 0.961. The van der Waals surface area contributed by atoms with Crippen molar-refractivity contribution in [3.8, 4) is 5.75 Å². The lowest BCUT2D eigenvalue weighted by Gasteiger charge is -2.22. The van der Waals surface area contributed by atoms with E-state index < -0.39 is 0 Å². The minimum atomic E-state index is -0.207. The van der Waals surface area contributed by atoms with Crippen LogP contribution >= 0.6 is 11.6 Å². The molecule has 1 aromatic carbocycles. The number of esters is 1. The molecule has 0 aliphatic heterocycles. The van der Waals surface area contributed by atoms with Gasteiger partial charge < -0.3 is 9.47 Å². The molecule has 1 aromatic rings. The standard InChI is InChI=1S/C15H22ClNO3/c1-4-8-17(11-15(18)20-5-2)10-12-9-13(16)6-7-14(12)19-3/h6-7,9H,4-5,8,10-11H2,1-3H3. The zero-order chi connectivity index (χ0) is 15.0. The van der Waals surface area contributed by atoms with Crippen molar-refractivity contribution in [1.82, 2.24) is 4.90 Å². The molecule has 0 saturated heterocycles. The monoisotopic (exact) mass is 299 g/mol. The Morgan fingerprint density at radius 1 is 1.35 bits per heavy atom. The molecule has 0 N–H and O–H groups in total. The highest BCUT2D eigenvalue weighted by molar-refractivity contribution is 6.30. The molecule has 0 saturated carbocycles. The molecule has 0 aliphatic carbocycles. The first-order valence-corrected chi connectivity index (χ1v) is 7.18. The maximum Gasteiger partial charge on any atom is 0.320 e. The van der Waals surface area contributed by atoms with E-state index in [1.54, 1.807) is 13.2 Å². The lowest BCUT2D eigenvalue weighted by atomic mass is 10.2. The van der Waals surface area contributed by atoms with Crippen molar-refractivity contribution in [3.63, 3.8) is 0 Å². The Morgan fingerprint density at radius 3 is 2.70 bits per heavy atom. The Balaban J connectivity index is 2.78. The third-order valence-corrected chi connectivity index (χ3v) is 3.07. The van der Waals surface area contributed by atoms with Crippen molar-refractivity contribution in [2.24, 2.45) is 0 Å². The topological polar surface area (TPSA) is 38.8 Å². The number of methoxy groups -OCH3 is 1. The fourth-order valence-electron chi connectivity index (χ4n) is 2.03. The van der Waals surface area contributed by atoms with E-state index in [0.717, 1.165) is 24.3 Å². The van der Waals surface area contributed by atoms with Crippen molar-refractivity contribution in [1.29, 1.82) is 0 Å². The molecule has 4 nitrogen and oxygen atoms in total. The van der Waals surface area contributed by atoms with E-state index in [9.17, 15) is 4.79 Å². The lowest BCUT2D eigenvalue weighted by molar-refractivity contribution is -0.144. The highest BCUT2D eigenvalue weighted by Crippen LogP contribution is 2.24. The molecule has 0 radical (unpaired) electrons. The van der Waals surface area contributed by atoms with Crippen molar-refractivity contribution < 1.29 is 14.3 Å². The van der Waals surface area contributed by atoms with E-state index in [2.05, 4.69) is 6.92 Å². The van der Waals surface area contributed by atoms with Gasteiger partial charge in [0.1, 0.15) is 5.75 Å². The van der Waals surface area contributed by atoms with Gasteiger partial charge in [0.05, 0.1) is 20.3 Å². The molecule has 5 heteroatoms. The second kappa shape index (κ2) is 8.82. The van der Waals surface area contributed by atoms with Gasteiger partial charge in [0.2, 0.25) is 0 Å². The Morgan fingerprint density at radius 2 is 2.10 bits per heavy atom. The van der Waals surface area contributed by atoms with E-state index in [1.807, 2.05) is 24.0 Å². The molecule has 0 bridgehead atoms. The fraction of sp³-hybridized carbons (Fsp3) is 0.533. The SMILES string of the molecule is CCCN(CC(=O)OCC)Cc1cc(Cl)ccc1OC. The van der Waals surface area contributed by atoms with Gasteiger partial charge in [0, 0.05) is 17.1 Å². The molecular weight excluding hydrogens is 278 g/mol. The van der Waals surface area contributed by atoms with Crippen LogP contribution in [0.4, 0.5) is 0 Å². The molecule has 0 spiro atoms. The van der Waals surface area contributed by atoms with Crippen LogP contribution in [0.1, 0.15) is 25.8 Å². The second-order valence-electron chi connectivity index (χ2n) is 4.47. The number of benzene rings is 1. The van der Waals surface area contributed by atoms with Gasteiger partial charge in [-0.05, 0) is 38.1 Å². The van der Waals surface area contributed by atoms with Crippen LogP contribution in [-0.4, -0.2) is 37.7 Å². The normalized spacial score (nSPS) is 10.7. The first-order chi connectivity index (χ1) is 9.60. The number of rotatable bonds is 8. The van der Waals surface area contributed by atoms with Gasteiger partial charge in [-0.1, -0.05) is 18.5 Å². The molecular formula is C15H22ClNO3. The summed E-state index contributed by atoms with van der Waals surface area (Å²) in [5.41, 5.74) is 0.970. The van der Waals surface area contributed by atoms with E-state index in [1.165, 1.54) is 0 Å². The fourth-order valence-corrected chi connectivity index (χ4v) is 2.23. The van der Waals surface area contributed by atoms with Crippen LogP contribution in [0, 0.1) is 0 Å². The Bertz CT molecular complexity index is 437. The number of carbonyl (C=O) groups excluding carboxylic acids is 1. The summed E-state index contributed by atoms with van der Waals surface area (Å²) in [6.45, 7) is 5.98. The zero-order valence-electron chi connectivity index (χ0n) is 12.3. The van der Waals surface area contributed by atoms with Gasteiger partial charge in [0.25, 0.3) is 0 Å². The van der Waals surface area contributed by atoms with E-state index >= 15 is 0 Å². The van der Waals surface area contributed by atoms with Crippen LogP contribution in [0.2, 0.25) is 5.02 Å². The van der Waals surface area contributed by atoms with Gasteiger partial charge in [-0.2, -0.15) is 0 Å². The van der Waals surface area contributed by atoms with Crippen molar-refractivity contribution >= 4 is 17.6 Å². The average Bonchev–Trinajstić information content (AvgIpc) is 2.39. The van der Waals surface area contributed by atoms with Gasteiger partial charge >= 0.3 is 5.97 Å². The van der Waals surface area contributed by atoms with Crippen LogP contribution in [0.25, 0.3) is 0 Å². The third kappa shape index (κ3) is 5.39. The highest BCUT2D eigenvalue weighted by atomic mass is 35.5. The quantitative estimate of drug-likeness (QED) is 0.691. The Labute approximate surface area is 125 Å². The molecule has 1 rings (SSSR count). The Kier molecular flexibility index (Phi) is 7.41. The van der Waals surface area contributed by atoms with Crippen molar-refractivity contribution in [2.75, 3.05) is 26.8 Å².